The zero-order valence-electron chi connectivity index (χ0n) is 21.3. The van der Waals surface area contributed by atoms with Gasteiger partial charge in [-0.15, -0.1) is 0 Å². The zero-order chi connectivity index (χ0) is 26.8. The first-order valence-corrected chi connectivity index (χ1v) is 12.9. The Morgan fingerprint density at radius 2 is 1.75 bits per heavy atom. The summed E-state index contributed by atoms with van der Waals surface area (Å²) in [6, 6.07) is 16.8. The van der Waals surface area contributed by atoms with Gasteiger partial charge >= 0.3 is 0 Å². The number of para-hydroxylation sites is 1. The van der Waals surface area contributed by atoms with Crippen LogP contribution in [0.4, 0.5) is 11.4 Å². The maximum atomic E-state index is 11.4. The Kier molecular flexibility index (Phi) is 15.0. The fraction of sp³-hybridized carbons (Fsp3) is 0.308. The minimum atomic E-state index is -1.26. The number of hydrogen-bond donors (Lipinski definition) is 4. The SMILES string of the molecule is CC(C)/C=C/C(=O)Nc1ccccc1.COCCOc1ccc(NC/N=C(N)\C(=C/N)S(C)=O)cc1. The number of ether oxygens (including phenoxy) is 2. The summed E-state index contributed by atoms with van der Waals surface area (Å²) in [4.78, 5) is 15.7. The van der Waals surface area contributed by atoms with Gasteiger partial charge in [0.05, 0.1) is 22.3 Å². The molecular weight excluding hydrogens is 478 g/mol. The molecule has 0 heterocycles. The van der Waals surface area contributed by atoms with Crippen LogP contribution in [0.3, 0.4) is 0 Å². The number of benzene rings is 2. The zero-order valence-corrected chi connectivity index (χ0v) is 22.1. The Bertz CT molecular complexity index is 1020. The Morgan fingerprint density at radius 3 is 2.31 bits per heavy atom. The van der Waals surface area contributed by atoms with Gasteiger partial charge in [-0.1, -0.05) is 38.1 Å². The number of aliphatic imine (C=N–C) groups is 1. The number of nitrogens with zero attached hydrogens (tertiary/aromatic N) is 1. The molecule has 9 nitrogen and oxygen atoms in total. The fourth-order valence-corrected chi connectivity index (χ4v) is 3.07. The quantitative estimate of drug-likeness (QED) is 0.147. The maximum Gasteiger partial charge on any atom is 0.248 e. The lowest BCUT2D eigenvalue weighted by Gasteiger charge is -2.08. The van der Waals surface area contributed by atoms with Crippen molar-refractivity contribution < 1.29 is 18.5 Å². The standard InChI is InChI=1S/C14H22N4O3S.C12H15NO/c1-20-7-8-21-12-5-3-11(4-6-12)17-10-18-14(16)13(9-15)22(2)19;1-10(2)8-9-12(14)13-11-6-4-3-5-7-11/h3-6,9,17H,7-8,10,15H2,1-2H3,(H2,16,18);3-10H,1-2H3,(H,13,14)/b13-9+;9-8+. The fourth-order valence-electron chi connectivity index (χ4n) is 2.52. The van der Waals surface area contributed by atoms with E-state index in [2.05, 4.69) is 15.6 Å². The van der Waals surface area contributed by atoms with Gasteiger partial charge in [0.25, 0.3) is 0 Å². The number of allylic oxidation sites excluding steroid dienone is 1. The van der Waals surface area contributed by atoms with E-state index in [-0.39, 0.29) is 18.4 Å². The molecule has 1 amide bonds. The summed E-state index contributed by atoms with van der Waals surface area (Å²) in [5.41, 5.74) is 12.8. The van der Waals surface area contributed by atoms with E-state index in [1.807, 2.05) is 74.5 Å². The van der Waals surface area contributed by atoms with E-state index >= 15 is 0 Å². The highest BCUT2D eigenvalue weighted by Crippen LogP contribution is 2.15. The number of hydrogen-bond acceptors (Lipinski definition) is 7. The van der Waals surface area contributed by atoms with Gasteiger partial charge in [0.2, 0.25) is 5.91 Å². The molecule has 2 aromatic carbocycles. The molecule has 0 spiro atoms. The number of carbonyl (C=O) groups is 1. The van der Waals surface area contributed by atoms with Gasteiger partial charge in [-0.05, 0) is 48.4 Å². The van der Waals surface area contributed by atoms with Crippen molar-refractivity contribution in [2.45, 2.75) is 13.8 Å². The molecule has 0 aliphatic heterocycles. The van der Waals surface area contributed by atoms with Crippen LogP contribution in [0.2, 0.25) is 0 Å². The van der Waals surface area contributed by atoms with Crippen LogP contribution in [-0.2, 0) is 20.3 Å². The predicted molar refractivity (Wildman–Crippen MR) is 149 cm³/mol. The highest BCUT2D eigenvalue weighted by Gasteiger charge is 2.05. The third kappa shape index (κ3) is 13.3. The van der Waals surface area contributed by atoms with E-state index in [1.54, 1.807) is 13.2 Å². The van der Waals surface area contributed by atoms with Gasteiger partial charge in [0.15, 0.2) is 0 Å². The number of anilines is 2. The molecule has 0 saturated heterocycles. The van der Waals surface area contributed by atoms with E-state index < -0.39 is 10.8 Å². The molecule has 36 heavy (non-hydrogen) atoms. The summed E-state index contributed by atoms with van der Waals surface area (Å²) in [5, 5.41) is 5.84. The maximum absolute atomic E-state index is 11.4. The van der Waals surface area contributed by atoms with Crippen LogP contribution in [0.5, 0.6) is 5.75 Å². The van der Waals surface area contributed by atoms with E-state index in [1.165, 1.54) is 12.5 Å². The van der Waals surface area contributed by atoms with E-state index in [0.29, 0.717) is 24.0 Å². The Balaban J connectivity index is 0.000000397. The van der Waals surface area contributed by atoms with Crippen LogP contribution in [-0.4, -0.2) is 49.2 Å². The number of methoxy groups -OCH3 is 1. The second-order valence-corrected chi connectivity index (χ2v) is 9.04. The average molecular weight is 516 g/mol. The van der Waals surface area contributed by atoms with Crippen LogP contribution in [0.1, 0.15) is 13.8 Å². The molecule has 10 heteroatoms. The molecule has 196 valence electrons. The molecule has 0 radical (unpaired) electrons. The van der Waals surface area contributed by atoms with Crippen LogP contribution in [0, 0.1) is 5.92 Å². The summed E-state index contributed by atoms with van der Waals surface area (Å²) in [6.45, 7) is 5.37. The number of nitrogens with one attached hydrogen (secondary N) is 2. The Hall–Kier alpha value is -3.63. The first kappa shape index (κ1) is 30.4. The second kappa shape index (κ2) is 17.8. The third-order valence-corrected chi connectivity index (χ3v) is 5.30. The van der Waals surface area contributed by atoms with Crippen LogP contribution in [0.15, 0.2) is 82.8 Å². The number of amides is 1. The first-order chi connectivity index (χ1) is 17.3. The smallest absolute Gasteiger partial charge is 0.248 e. The highest BCUT2D eigenvalue weighted by molar-refractivity contribution is 7.89. The molecule has 2 rings (SSSR count). The lowest BCUT2D eigenvalue weighted by Crippen LogP contribution is -2.20. The number of carbonyl (C=O) groups excluding carboxylic acids is 1. The van der Waals surface area contributed by atoms with Gasteiger partial charge in [0.1, 0.15) is 24.9 Å². The van der Waals surface area contributed by atoms with Gasteiger partial charge in [0, 0.05) is 30.9 Å². The summed E-state index contributed by atoms with van der Waals surface area (Å²) in [6.07, 6.45) is 6.15. The molecule has 0 saturated carbocycles. The third-order valence-electron chi connectivity index (χ3n) is 4.33. The average Bonchev–Trinajstić information content (AvgIpc) is 2.85. The van der Waals surface area contributed by atoms with Crippen molar-refractivity contribution in [1.82, 2.24) is 0 Å². The number of rotatable bonds is 12. The molecule has 2 aromatic rings. The van der Waals surface area contributed by atoms with Gasteiger partial charge < -0.3 is 31.6 Å². The molecule has 0 aliphatic rings. The van der Waals surface area contributed by atoms with Crippen molar-refractivity contribution in [2.24, 2.45) is 22.4 Å². The molecule has 0 aromatic heterocycles. The normalized spacial score (nSPS) is 12.6. The monoisotopic (exact) mass is 515 g/mol. The highest BCUT2D eigenvalue weighted by atomic mass is 32.2. The number of nitrogens with two attached hydrogens (primary N) is 2. The molecular formula is C26H37N5O4S. The van der Waals surface area contributed by atoms with Gasteiger partial charge in [-0.25, -0.2) is 4.99 Å². The largest absolute Gasteiger partial charge is 0.491 e. The van der Waals surface area contributed by atoms with E-state index in [0.717, 1.165) is 17.1 Å². The lowest BCUT2D eigenvalue weighted by molar-refractivity contribution is -0.111. The summed E-state index contributed by atoms with van der Waals surface area (Å²) >= 11 is 0. The minimum Gasteiger partial charge on any atom is -0.491 e. The molecule has 1 atom stereocenters. The van der Waals surface area contributed by atoms with Crippen molar-refractivity contribution in [3.63, 3.8) is 0 Å². The summed E-state index contributed by atoms with van der Waals surface area (Å²) < 4.78 is 21.7. The van der Waals surface area contributed by atoms with Crippen molar-refractivity contribution >= 4 is 33.9 Å². The molecule has 0 bridgehead atoms. The second-order valence-electron chi connectivity index (χ2n) is 7.69. The van der Waals surface area contributed by atoms with Crippen molar-refractivity contribution in [1.29, 1.82) is 0 Å². The topological polar surface area (TPSA) is 141 Å². The van der Waals surface area contributed by atoms with E-state index in [4.69, 9.17) is 20.9 Å². The molecule has 0 aliphatic carbocycles. The van der Waals surface area contributed by atoms with E-state index in [9.17, 15) is 9.00 Å². The Labute approximate surface area is 216 Å². The first-order valence-electron chi connectivity index (χ1n) is 11.3. The molecule has 1 unspecified atom stereocenters. The summed E-state index contributed by atoms with van der Waals surface area (Å²) in [5.74, 6) is 1.25. The molecule has 0 fully saturated rings. The van der Waals surface area contributed by atoms with Gasteiger partial charge in [-0.3, -0.25) is 9.00 Å². The van der Waals surface area contributed by atoms with Gasteiger partial charge in [-0.2, -0.15) is 0 Å². The van der Waals surface area contributed by atoms with Crippen molar-refractivity contribution in [3.8, 4) is 5.75 Å². The Morgan fingerprint density at radius 1 is 1.08 bits per heavy atom. The van der Waals surface area contributed by atoms with Crippen LogP contribution in [0.25, 0.3) is 0 Å². The number of amidine groups is 1. The van der Waals surface area contributed by atoms with Crippen molar-refractivity contribution in [2.75, 3.05) is 43.9 Å². The lowest BCUT2D eigenvalue weighted by atomic mass is 10.2. The van der Waals surface area contributed by atoms with Crippen LogP contribution < -0.4 is 26.8 Å². The minimum absolute atomic E-state index is 0.0788. The van der Waals surface area contributed by atoms with Crippen molar-refractivity contribution in [3.05, 3.63) is 77.9 Å². The van der Waals surface area contributed by atoms with Crippen LogP contribution >= 0.6 is 0 Å². The summed E-state index contributed by atoms with van der Waals surface area (Å²) in [7, 11) is 0.364. The predicted octanol–water partition coefficient (Wildman–Crippen LogP) is 3.45. The molecule has 6 N–H and O–H groups in total.